The van der Waals surface area contributed by atoms with Crippen LogP contribution in [-0.2, 0) is 6.42 Å². The first-order chi connectivity index (χ1) is 8.43. The number of thiocarbonyl (C=S) groups is 1. The summed E-state index contributed by atoms with van der Waals surface area (Å²) in [5, 5.41) is 1.16. The van der Waals surface area contributed by atoms with Crippen LogP contribution in [-0.4, -0.2) is 11.6 Å². The van der Waals surface area contributed by atoms with Crippen molar-refractivity contribution in [3.63, 3.8) is 0 Å². The van der Waals surface area contributed by atoms with Gasteiger partial charge in [-0.2, -0.15) is 0 Å². The van der Waals surface area contributed by atoms with E-state index < -0.39 is 0 Å². The van der Waals surface area contributed by atoms with E-state index in [2.05, 4.69) is 6.92 Å². The van der Waals surface area contributed by atoms with E-state index in [0.717, 1.165) is 12.0 Å². The Labute approximate surface area is 123 Å². The molecule has 0 aliphatic rings. The molecule has 100 valence electrons. The van der Waals surface area contributed by atoms with E-state index in [1.807, 2.05) is 13.0 Å². The molecule has 0 heterocycles. The maximum atomic E-state index is 6.14. The molecule has 2 N–H and O–H groups in total. The van der Waals surface area contributed by atoms with Gasteiger partial charge in [0.05, 0.1) is 16.6 Å². The Morgan fingerprint density at radius 2 is 2.11 bits per heavy atom. The summed E-state index contributed by atoms with van der Waals surface area (Å²) in [6, 6.07) is 3.57. The van der Waals surface area contributed by atoms with Crippen molar-refractivity contribution in [3.05, 3.63) is 27.7 Å². The molecule has 0 radical (unpaired) electrons. The van der Waals surface area contributed by atoms with Gasteiger partial charge in [0.25, 0.3) is 0 Å². The predicted octanol–water partition coefficient (Wildman–Crippen LogP) is 4.25. The fraction of sp³-hybridized carbons (Fsp3) is 0.462. The molecule has 0 bridgehead atoms. The van der Waals surface area contributed by atoms with Crippen LogP contribution in [0.25, 0.3) is 0 Å². The fourth-order valence-electron chi connectivity index (χ4n) is 1.86. The molecule has 1 atom stereocenters. The van der Waals surface area contributed by atoms with Crippen LogP contribution in [0.5, 0.6) is 5.75 Å². The number of hydrogen-bond acceptors (Lipinski definition) is 2. The second kappa shape index (κ2) is 7.17. The predicted molar refractivity (Wildman–Crippen MR) is 81.9 cm³/mol. The van der Waals surface area contributed by atoms with Crippen LogP contribution in [0.3, 0.4) is 0 Å². The lowest BCUT2D eigenvalue weighted by Crippen LogP contribution is -2.14. The molecule has 0 saturated carbocycles. The zero-order chi connectivity index (χ0) is 13.7. The van der Waals surface area contributed by atoms with Crippen molar-refractivity contribution in [2.24, 2.45) is 11.7 Å². The second-order valence-corrected chi connectivity index (χ2v) is 5.66. The largest absolute Gasteiger partial charge is 0.492 e. The SMILES string of the molecule is CCOc1c(Cl)cc(Cl)cc1CC(C)CC(N)=S. The molecule has 0 fully saturated rings. The van der Waals surface area contributed by atoms with Crippen molar-refractivity contribution in [1.82, 2.24) is 0 Å². The number of halogens is 2. The molecule has 1 aromatic rings. The zero-order valence-electron chi connectivity index (χ0n) is 10.5. The highest BCUT2D eigenvalue weighted by molar-refractivity contribution is 7.80. The van der Waals surface area contributed by atoms with Gasteiger partial charge in [0, 0.05) is 11.4 Å². The minimum atomic E-state index is 0.330. The summed E-state index contributed by atoms with van der Waals surface area (Å²) in [4.78, 5) is 0.522. The smallest absolute Gasteiger partial charge is 0.141 e. The van der Waals surface area contributed by atoms with E-state index in [-0.39, 0.29) is 0 Å². The molecule has 0 spiro atoms. The minimum absolute atomic E-state index is 0.330. The van der Waals surface area contributed by atoms with Crippen LogP contribution >= 0.6 is 35.4 Å². The molecule has 5 heteroatoms. The molecule has 0 aliphatic carbocycles. The summed E-state index contributed by atoms with van der Waals surface area (Å²) in [6.07, 6.45) is 1.48. The average Bonchev–Trinajstić information content (AvgIpc) is 2.21. The highest BCUT2D eigenvalue weighted by Crippen LogP contribution is 2.34. The maximum absolute atomic E-state index is 6.14. The normalized spacial score (nSPS) is 12.2. The van der Waals surface area contributed by atoms with E-state index in [0.29, 0.717) is 39.7 Å². The summed E-state index contributed by atoms with van der Waals surface area (Å²) < 4.78 is 5.57. The van der Waals surface area contributed by atoms with Crippen molar-refractivity contribution in [1.29, 1.82) is 0 Å². The Kier molecular flexibility index (Phi) is 6.19. The second-order valence-electron chi connectivity index (χ2n) is 4.29. The lowest BCUT2D eigenvalue weighted by molar-refractivity contribution is 0.335. The monoisotopic (exact) mass is 305 g/mol. The Morgan fingerprint density at radius 1 is 1.44 bits per heavy atom. The topological polar surface area (TPSA) is 35.2 Å². The Bertz CT molecular complexity index is 437. The van der Waals surface area contributed by atoms with Crippen LogP contribution in [0.4, 0.5) is 0 Å². The molecule has 0 amide bonds. The fourth-order valence-corrected chi connectivity index (χ4v) is 2.74. The number of rotatable bonds is 6. The molecule has 0 saturated heterocycles. The van der Waals surface area contributed by atoms with Gasteiger partial charge in [-0.15, -0.1) is 0 Å². The third-order valence-electron chi connectivity index (χ3n) is 2.49. The van der Waals surface area contributed by atoms with Gasteiger partial charge in [-0.25, -0.2) is 0 Å². The molecule has 0 aliphatic heterocycles. The first-order valence-corrected chi connectivity index (χ1v) is 6.99. The Morgan fingerprint density at radius 3 is 2.67 bits per heavy atom. The minimum Gasteiger partial charge on any atom is -0.492 e. The van der Waals surface area contributed by atoms with Crippen molar-refractivity contribution in [2.45, 2.75) is 26.7 Å². The number of ether oxygens (including phenoxy) is 1. The lowest BCUT2D eigenvalue weighted by atomic mass is 9.97. The van der Waals surface area contributed by atoms with E-state index in [9.17, 15) is 0 Å². The van der Waals surface area contributed by atoms with Crippen molar-refractivity contribution < 1.29 is 4.74 Å². The maximum Gasteiger partial charge on any atom is 0.141 e. The van der Waals surface area contributed by atoms with Crippen molar-refractivity contribution in [2.75, 3.05) is 6.61 Å². The first kappa shape index (κ1) is 15.5. The van der Waals surface area contributed by atoms with Crippen LogP contribution in [0.1, 0.15) is 25.8 Å². The van der Waals surface area contributed by atoms with E-state index >= 15 is 0 Å². The molecule has 2 nitrogen and oxygen atoms in total. The van der Waals surface area contributed by atoms with Gasteiger partial charge >= 0.3 is 0 Å². The lowest BCUT2D eigenvalue weighted by Gasteiger charge is -2.16. The van der Waals surface area contributed by atoms with Crippen LogP contribution in [0, 0.1) is 5.92 Å². The molecule has 0 aromatic heterocycles. The molecule has 1 aromatic carbocycles. The van der Waals surface area contributed by atoms with E-state index in [1.165, 1.54) is 0 Å². The number of nitrogens with two attached hydrogens (primary N) is 1. The molecular weight excluding hydrogens is 289 g/mol. The summed E-state index contributed by atoms with van der Waals surface area (Å²) in [5.74, 6) is 1.04. The van der Waals surface area contributed by atoms with Gasteiger partial charge in [-0.3, -0.25) is 0 Å². The summed E-state index contributed by atoms with van der Waals surface area (Å²) in [6.45, 7) is 4.58. The highest BCUT2D eigenvalue weighted by atomic mass is 35.5. The number of benzene rings is 1. The first-order valence-electron chi connectivity index (χ1n) is 5.83. The summed E-state index contributed by atoms with van der Waals surface area (Å²) in [5.41, 5.74) is 6.55. The van der Waals surface area contributed by atoms with Gasteiger partial charge < -0.3 is 10.5 Å². The van der Waals surface area contributed by atoms with Gasteiger partial charge in [-0.05, 0) is 37.0 Å². The van der Waals surface area contributed by atoms with E-state index in [4.69, 9.17) is 45.9 Å². The average molecular weight is 306 g/mol. The quantitative estimate of drug-likeness (QED) is 0.798. The van der Waals surface area contributed by atoms with Crippen LogP contribution in [0.2, 0.25) is 10.0 Å². The van der Waals surface area contributed by atoms with Crippen LogP contribution in [0.15, 0.2) is 12.1 Å². The van der Waals surface area contributed by atoms with Crippen LogP contribution < -0.4 is 10.5 Å². The van der Waals surface area contributed by atoms with Gasteiger partial charge in [-0.1, -0.05) is 42.3 Å². The Hall–Kier alpha value is -0.510. The zero-order valence-corrected chi connectivity index (χ0v) is 12.8. The molecular formula is C13H17Cl2NOS. The van der Waals surface area contributed by atoms with Gasteiger partial charge in [0.2, 0.25) is 0 Å². The standard InChI is InChI=1S/C13H17Cl2NOS/c1-3-17-13-9(4-8(2)5-12(16)18)6-10(14)7-11(13)15/h6-8H,3-5H2,1-2H3,(H2,16,18). The van der Waals surface area contributed by atoms with Gasteiger partial charge in [0.1, 0.15) is 5.75 Å². The third-order valence-corrected chi connectivity index (χ3v) is 3.16. The molecule has 1 unspecified atom stereocenters. The van der Waals surface area contributed by atoms with Gasteiger partial charge in [0.15, 0.2) is 0 Å². The molecule has 1 rings (SSSR count). The highest BCUT2D eigenvalue weighted by Gasteiger charge is 2.14. The number of hydrogen-bond donors (Lipinski definition) is 1. The molecule has 18 heavy (non-hydrogen) atoms. The third kappa shape index (κ3) is 4.63. The van der Waals surface area contributed by atoms with Crippen molar-refractivity contribution >= 4 is 40.4 Å². The van der Waals surface area contributed by atoms with E-state index in [1.54, 1.807) is 6.07 Å². The summed E-state index contributed by atoms with van der Waals surface area (Å²) in [7, 11) is 0. The Balaban J connectivity index is 2.95. The van der Waals surface area contributed by atoms with Crippen molar-refractivity contribution in [3.8, 4) is 5.75 Å². The summed E-state index contributed by atoms with van der Waals surface area (Å²) >= 11 is 17.1.